The van der Waals surface area contributed by atoms with Crippen molar-refractivity contribution in [2.24, 2.45) is 0 Å². The standard InChI is InChI=1S/C14H10BrF2NO2/c1-7-2-3-9(6-10(7)15)18-13-11(16)4-8(14(19)20)5-12(13)17/h2-6,18H,1H3,(H,19,20). The van der Waals surface area contributed by atoms with Crippen molar-refractivity contribution in [3.63, 3.8) is 0 Å². The Morgan fingerprint density at radius 1 is 1.20 bits per heavy atom. The number of carboxylic acids is 1. The molecular formula is C14H10BrF2NO2. The van der Waals surface area contributed by atoms with Gasteiger partial charge in [0, 0.05) is 10.2 Å². The average Bonchev–Trinajstić information content (AvgIpc) is 2.37. The zero-order valence-electron chi connectivity index (χ0n) is 10.4. The van der Waals surface area contributed by atoms with Gasteiger partial charge in [0.05, 0.1) is 5.56 Å². The first-order valence-electron chi connectivity index (χ1n) is 5.64. The summed E-state index contributed by atoms with van der Waals surface area (Å²) in [5.74, 6) is -3.30. The highest BCUT2D eigenvalue weighted by molar-refractivity contribution is 9.10. The summed E-state index contributed by atoms with van der Waals surface area (Å²) in [6.07, 6.45) is 0. The van der Waals surface area contributed by atoms with Crippen molar-refractivity contribution in [2.75, 3.05) is 5.32 Å². The topological polar surface area (TPSA) is 49.3 Å². The van der Waals surface area contributed by atoms with Crippen LogP contribution in [0, 0.1) is 18.6 Å². The molecule has 0 unspecified atom stereocenters. The number of carbonyl (C=O) groups is 1. The van der Waals surface area contributed by atoms with E-state index in [0.717, 1.165) is 22.2 Å². The molecule has 0 atom stereocenters. The third kappa shape index (κ3) is 2.96. The first-order valence-corrected chi connectivity index (χ1v) is 6.43. The van der Waals surface area contributed by atoms with E-state index >= 15 is 0 Å². The van der Waals surface area contributed by atoms with Gasteiger partial charge >= 0.3 is 5.97 Å². The number of anilines is 2. The summed E-state index contributed by atoms with van der Waals surface area (Å²) in [6, 6.07) is 6.69. The Balaban J connectivity index is 2.38. The van der Waals surface area contributed by atoms with Crippen molar-refractivity contribution in [1.82, 2.24) is 0 Å². The van der Waals surface area contributed by atoms with Crippen LogP contribution >= 0.6 is 15.9 Å². The largest absolute Gasteiger partial charge is 0.478 e. The van der Waals surface area contributed by atoms with Gasteiger partial charge < -0.3 is 10.4 Å². The van der Waals surface area contributed by atoms with Crippen LogP contribution < -0.4 is 5.32 Å². The molecule has 0 fully saturated rings. The second-order valence-electron chi connectivity index (χ2n) is 4.21. The first kappa shape index (κ1) is 14.5. The molecule has 0 spiro atoms. The zero-order valence-corrected chi connectivity index (χ0v) is 12.0. The summed E-state index contributed by atoms with van der Waals surface area (Å²) in [5.41, 5.74) is 0.655. The van der Waals surface area contributed by atoms with E-state index in [4.69, 9.17) is 5.11 Å². The van der Waals surface area contributed by atoms with Crippen LogP contribution in [0.2, 0.25) is 0 Å². The van der Waals surface area contributed by atoms with Gasteiger partial charge in [0.25, 0.3) is 0 Å². The summed E-state index contributed by atoms with van der Waals surface area (Å²) < 4.78 is 28.3. The third-order valence-corrected chi connectivity index (χ3v) is 3.58. The lowest BCUT2D eigenvalue weighted by Crippen LogP contribution is -2.03. The number of carboxylic acid groups (broad SMARTS) is 1. The predicted molar refractivity (Wildman–Crippen MR) is 75.5 cm³/mol. The van der Waals surface area contributed by atoms with Crippen LogP contribution in [-0.2, 0) is 0 Å². The van der Waals surface area contributed by atoms with Crippen LogP contribution in [0.15, 0.2) is 34.8 Å². The van der Waals surface area contributed by atoms with Crippen molar-refractivity contribution in [3.05, 3.63) is 57.6 Å². The van der Waals surface area contributed by atoms with E-state index in [2.05, 4.69) is 21.2 Å². The highest BCUT2D eigenvalue weighted by Crippen LogP contribution is 2.27. The smallest absolute Gasteiger partial charge is 0.335 e. The molecule has 0 aromatic heterocycles. The Bertz CT molecular complexity index is 666. The van der Waals surface area contributed by atoms with Crippen molar-refractivity contribution in [1.29, 1.82) is 0 Å². The Labute approximate surface area is 122 Å². The molecule has 2 N–H and O–H groups in total. The molecule has 2 aromatic carbocycles. The molecule has 0 aliphatic rings. The number of hydrogen-bond donors (Lipinski definition) is 2. The highest BCUT2D eigenvalue weighted by atomic mass is 79.9. The van der Waals surface area contributed by atoms with Crippen molar-refractivity contribution >= 4 is 33.3 Å². The summed E-state index contributed by atoms with van der Waals surface area (Å²) in [5, 5.41) is 11.3. The molecule has 0 saturated carbocycles. The van der Waals surface area contributed by atoms with Crippen molar-refractivity contribution in [3.8, 4) is 0 Å². The fourth-order valence-corrected chi connectivity index (χ4v) is 2.01. The molecule has 20 heavy (non-hydrogen) atoms. The quantitative estimate of drug-likeness (QED) is 0.865. The van der Waals surface area contributed by atoms with Crippen LogP contribution in [0.1, 0.15) is 15.9 Å². The van der Waals surface area contributed by atoms with E-state index in [1.165, 1.54) is 0 Å². The molecular weight excluding hydrogens is 332 g/mol. The second-order valence-corrected chi connectivity index (χ2v) is 5.06. The van der Waals surface area contributed by atoms with Gasteiger partial charge in [-0.15, -0.1) is 0 Å². The molecule has 0 radical (unpaired) electrons. The Hall–Kier alpha value is -1.95. The average molecular weight is 342 g/mol. The van der Waals surface area contributed by atoms with Crippen LogP contribution in [0.3, 0.4) is 0 Å². The van der Waals surface area contributed by atoms with E-state index in [0.29, 0.717) is 5.69 Å². The maximum Gasteiger partial charge on any atom is 0.335 e. The van der Waals surface area contributed by atoms with Gasteiger partial charge in [-0.05, 0) is 36.8 Å². The van der Waals surface area contributed by atoms with E-state index < -0.39 is 23.2 Å². The highest BCUT2D eigenvalue weighted by Gasteiger charge is 2.15. The molecule has 0 saturated heterocycles. The normalized spacial score (nSPS) is 10.4. The fourth-order valence-electron chi connectivity index (χ4n) is 1.63. The molecule has 0 aliphatic carbocycles. The number of halogens is 3. The Kier molecular flexibility index (Phi) is 4.04. The molecule has 104 valence electrons. The summed E-state index contributed by atoms with van der Waals surface area (Å²) in [4.78, 5) is 10.7. The van der Waals surface area contributed by atoms with E-state index in [9.17, 15) is 13.6 Å². The lowest BCUT2D eigenvalue weighted by Gasteiger charge is -2.10. The predicted octanol–water partition coefficient (Wildman–Crippen LogP) is 4.48. The summed E-state index contributed by atoms with van der Waals surface area (Å²) >= 11 is 3.32. The summed E-state index contributed by atoms with van der Waals surface area (Å²) in [7, 11) is 0. The van der Waals surface area contributed by atoms with E-state index in [1.54, 1.807) is 18.2 Å². The summed E-state index contributed by atoms with van der Waals surface area (Å²) in [6.45, 7) is 1.89. The molecule has 3 nitrogen and oxygen atoms in total. The molecule has 0 bridgehead atoms. The van der Waals surface area contributed by atoms with Crippen molar-refractivity contribution in [2.45, 2.75) is 6.92 Å². The van der Waals surface area contributed by atoms with Crippen LogP contribution in [0.25, 0.3) is 0 Å². The Morgan fingerprint density at radius 3 is 2.30 bits per heavy atom. The maximum atomic E-state index is 13.8. The number of hydrogen-bond acceptors (Lipinski definition) is 2. The van der Waals surface area contributed by atoms with Gasteiger partial charge in [0.15, 0.2) is 11.6 Å². The molecule has 0 amide bonds. The van der Waals surface area contributed by atoms with E-state index in [1.807, 2.05) is 6.92 Å². The molecule has 6 heteroatoms. The van der Waals surface area contributed by atoms with Crippen molar-refractivity contribution < 1.29 is 18.7 Å². The first-order chi connectivity index (χ1) is 9.38. The van der Waals surface area contributed by atoms with E-state index in [-0.39, 0.29) is 5.69 Å². The Morgan fingerprint density at radius 2 is 1.80 bits per heavy atom. The van der Waals surface area contributed by atoms with Crippen LogP contribution in [0.4, 0.5) is 20.2 Å². The van der Waals surface area contributed by atoms with Gasteiger partial charge in [-0.1, -0.05) is 22.0 Å². The molecule has 0 heterocycles. The maximum absolute atomic E-state index is 13.8. The minimum absolute atomic E-state index is 0.384. The van der Waals surface area contributed by atoms with Gasteiger partial charge in [0.2, 0.25) is 0 Å². The monoisotopic (exact) mass is 341 g/mol. The number of rotatable bonds is 3. The minimum Gasteiger partial charge on any atom is -0.478 e. The number of aromatic carboxylic acids is 1. The molecule has 2 rings (SSSR count). The van der Waals surface area contributed by atoms with Gasteiger partial charge in [-0.3, -0.25) is 0 Å². The fraction of sp³-hybridized carbons (Fsp3) is 0.0714. The lowest BCUT2D eigenvalue weighted by molar-refractivity contribution is 0.0696. The molecule has 2 aromatic rings. The third-order valence-electron chi connectivity index (χ3n) is 2.73. The lowest BCUT2D eigenvalue weighted by atomic mass is 10.1. The van der Waals surface area contributed by atoms with Gasteiger partial charge in [-0.2, -0.15) is 0 Å². The van der Waals surface area contributed by atoms with Crippen LogP contribution in [-0.4, -0.2) is 11.1 Å². The second kappa shape index (κ2) is 5.58. The number of aryl methyl sites for hydroxylation is 1. The van der Waals surface area contributed by atoms with Gasteiger partial charge in [-0.25, -0.2) is 13.6 Å². The SMILES string of the molecule is Cc1ccc(Nc2c(F)cc(C(=O)O)cc2F)cc1Br. The molecule has 0 aliphatic heterocycles. The van der Waals surface area contributed by atoms with Gasteiger partial charge in [0.1, 0.15) is 5.69 Å². The zero-order chi connectivity index (χ0) is 14.9. The minimum atomic E-state index is -1.38. The van der Waals surface area contributed by atoms with Crippen LogP contribution in [0.5, 0.6) is 0 Å². The number of benzene rings is 2. The number of nitrogens with one attached hydrogen (secondary N) is 1.